The lowest BCUT2D eigenvalue weighted by Crippen LogP contribution is -2.60. The molecule has 2 aromatic heterocycles. The van der Waals surface area contributed by atoms with Gasteiger partial charge in [0.1, 0.15) is 30.4 Å². The molecule has 176 valence electrons. The molecule has 3 fully saturated rings. The van der Waals surface area contributed by atoms with Crippen LogP contribution in [0.1, 0.15) is 22.6 Å². The van der Waals surface area contributed by atoms with E-state index in [2.05, 4.69) is 18.3 Å². The Morgan fingerprint density at radius 1 is 1.16 bits per heavy atom. The van der Waals surface area contributed by atoms with Gasteiger partial charge in [0.2, 0.25) is 16.0 Å². The molecule has 0 radical (unpaired) electrons. The first-order valence-electron chi connectivity index (χ1n) is 10.00. The van der Waals surface area contributed by atoms with Crippen molar-refractivity contribution in [1.82, 2.24) is 0 Å². The molecule has 1 N–H and O–H groups in total. The molecule has 2 aromatic rings. The largest absolute Gasteiger partial charge is 0.726 e. The zero-order valence-corrected chi connectivity index (χ0v) is 20.2. The number of nitrogens with zero attached hydrogens (tertiary/aromatic N) is 1. The maximum Gasteiger partial charge on any atom is 0.349 e. The normalized spacial score (nSPS) is 30.1. The summed E-state index contributed by atoms with van der Waals surface area (Å²) in [5.41, 5.74) is -1.72. The van der Waals surface area contributed by atoms with E-state index in [0.717, 1.165) is 24.4 Å². The number of aliphatic hydroxyl groups is 1. The first-order chi connectivity index (χ1) is 15.0. The summed E-state index contributed by atoms with van der Waals surface area (Å²) in [6.07, 6.45) is 2.05. The van der Waals surface area contributed by atoms with Crippen molar-refractivity contribution in [2.75, 3.05) is 21.2 Å². The van der Waals surface area contributed by atoms with E-state index in [1.807, 2.05) is 22.9 Å². The standard InChI is InChI=1S/C19H22NO4S2.CH4O4S/c1-20(2)12-9-11(10-13(20)17-16(12)24-17)23-18(21)19(22,14-5-3-7-25-14)15-6-4-8-26-15;1-5-6(2,3)4/h3-8,11-13,16-17,22H,9-10H2,1-2H3;1H3,(H,2,3,4)/q+1;/p-1/t11?,12-,13+,16+,17-;. The number of rotatable bonds is 5. The Hall–Kier alpha value is -1.38. The molecule has 5 heterocycles. The van der Waals surface area contributed by atoms with Gasteiger partial charge in [-0.05, 0) is 22.9 Å². The summed E-state index contributed by atoms with van der Waals surface area (Å²) in [6.45, 7) is 0. The minimum atomic E-state index is -4.41. The molecule has 2 bridgehead atoms. The molecule has 0 aliphatic carbocycles. The molecule has 0 spiro atoms. The van der Waals surface area contributed by atoms with Crippen molar-refractivity contribution in [2.45, 2.75) is 48.8 Å². The molecule has 9 nitrogen and oxygen atoms in total. The van der Waals surface area contributed by atoms with Crippen molar-refractivity contribution in [2.24, 2.45) is 0 Å². The summed E-state index contributed by atoms with van der Waals surface area (Å²) in [7, 11) is 0.889. The van der Waals surface area contributed by atoms with Crippen molar-refractivity contribution in [3.05, 3.63) is 44.8 Å². The number of thiophene rings is 2. The Kier molecular flexibility index (Phi) is 6.27. The van der Waals surface area contributed by atoms with Gasteiger partial charge in [-0.1, -0.05) is 12.1 Å². The Morgan fingerprint density at radius 3 is 2.00 bits per heavy atom. The summed E-state index contributed by atoms with van der Waals surface area (Å²) in [6, 6.07) is 8.01. The zero-order valence-electron chi connectivity index (χ0n) is 17.7. The van der Waals surface area contributed by atoms with Crippen molar-refractivity contribution >= 4 is 39.0 Å². The number of carbonyl (C=O) groups is 1. The van der Waals surface area contributed by atoms with Crippen LogP contribution in [0, 0.1) is 0 Å². The van der Waals surface area contributed by atoms with E-state index in [4.69, 9.17) is 9.47 Å². The zero-order chi connectivity index (χ0) is 23.3. The number of hydrogen-bond donors (Lipinski definition) is 1. The Morgan fingerprint density at radius 2 is 1.62 bits per heavy atom. The van der Waals surface area contributed by atoms with Gasteiger partial charge < -0.3 is 23.6 Å². The molecule has 0 aromatic carbocycles. The fraction of sp³-hybridized carbons (Fsp3) is 0.550. The predicted molar refractivity (Wildman–Crippen MR) is 116 cm³/mol. The highest BCUT2D eigenvalue weighted by Crippen LogP contribution is 2.52. The van der Waals surface area contributed by atoms with Gasteiger partial charge in [-0.15, -0.1) is 22.7 Å². The van der Waals surface area contributed by atoms with E-state index in [-0.39, 0.29) is 6.10 Å². The monoisotopic (exact) mass is 503 g/mol. The molecule has 3 aliphatic rings. The number of hydrogen-bond acceptors (Lipinski definition) is 10. The second-order valence-corrected chi connectivity index (χ2v) is 11.6. The van der Waals surface area contributed by atoms with Crippen LogP contribution in [0.2, 0.25) is 0 Å². The van der Waals surface area contributed by atoms with Crippen molar-refractivity contribution in [3.63, 3.8) is 0 Å². The van der Waals surface area contributed by atoms with Crippen LogP contribution in [-0.4, -0.2) is 80.1 Å². The lowest BCUT2D eigenvalue weighted by molar-refractivity contribution is -0.938. The summed E-state index contributed by atoms with van der Waals surface area (Å²) < 4.78 is 43.7. The molecule has 0 amide bonds. The quantitative estimate of drug-likeness (QED) is 0.214. The second-order valence-electron chi connectivity index (χ2n) is 8.57. The Balaban J connectivity index is 0.000000363. The molecule has 3 aliphatic heterocycles. The van der Waals surface area contributed by atoms with Gasteiger partial charge in [-0.3, -0.25) is 4.18 Å². The number of esters is 1. The number of quaternary nitrogens is 1. The maximum atomic E-state index is 13.1. The maximum absolute atomic E-state index is 13.1. The third-order valence-corrected chi connectivity index (χ3v) is 8.93. The molecule has 3 saturated heterocycles. The van der Waals surface area contributed by atoms with E-state index in [0.29, 0.717) is 34.0 Å². The van der Waals surface area contributed by atoms with Gasteiger partial charge in [0, 0.05) is 12.8 Å². The van der Waals surface area contributed by atoms with E-state index in [1.165, 1.54) is 22.7 Å². The summed E-state index contributed by atoms with van der Waals surface area (Å²) in [5.74, 6) is -0.561. The van der Waals surface area contributed by atoms with Gasteiger partial charge in [0.25, 0.3) is 0 Å². The van der Waals surface area contributed by atoms with Crippen LogP contribution in [0.25, 0.3) is 0 Å². The average Bonchev–Trinajstić information content (AvgIpc) is 3.09. The van der Waals surface area contributed by atoms with E-state index in [1.54, 1.807) is 12.1 Å². The van der Waals surface area contributed by atoms with Crippen molar-refractivity contribution < 1.29 is 41.0 Å². The molecule has 32 heavy (non-hydrogen) atoms. The Labute approximate surface area is 194 Å². The minimum Gasteiger partial charge on any atom is -0.726 e. The van der Waals surface area contributed by atoms with Crippen molar-refractivity contribution in [3.8, 4) is 0 Å². The predicted octanol–water partition coefficient (Wildman–Crippen LogP) is 1.44. The van der Waals surface area contributed by atoms with Crippen LogP contribution >= 0.6 is 22.7 Å². The smallest absolute Gasteiger partial charge is 0.349 e. The second kappa shape index (κ2) is 8.44. The summed E-state index contributed by atoms with van der Waals surface area (Å²) >= 11 is 2.74. The van der Waals surface area contributed by atoms with E-state index < -0.39 is 22.0 Å². The molecule has 1 unspecified atom stereocenters. The summed E-state index contributed by atoms with van der Waals surface area (Å²) in [5, 5.41) is 15.1. The number of fused-ring (bicyclic) bond motifs is 5. The van der Waals surface area contributed by atoms with E-state index in [9.17, 15) is 22.9 Å². The van der Waals surface area contributed by atoms with Gasteiger partial charge >= 0.3 is 5.97 Å². The number of epoxide rings is 1. The van der Waals surface area contributed by atoms with Crippen molar-refractivity contribution in [1.29, 1.82) is 0 Å². The molecule has 12 heteroatoms. The fourth-order valence-corrected chi connectivity index (χ4v) is 6.54. The number of carbonyl (C=O) groups excluding carboxylic acids is 1. The number of piperidine rings is 1. The average molecular weight is 504 g/mol. The van der Waals surface area contributed by atoms with Crippen LogP contribution in [0.15, 0.2) is 35.0 Å². The fourth-order valence-electron chi connectivity index (χ4n) is 4.83. The Bertz CT molecular complexity index is 997. The van der Waals surface area contributed by atoms with E-state index >= 15 is 0 Å². The van der Waals surface area contributed by atoms with Gasteiger partial charge in [0.05, 0.1) is 31.0 Å². The molecular formula is C20H25NO8S3. The van der Waals surface area contributed by atoms with Crippen LogP contribution in [0.5, 0.6) is 0 Å². The molecular weight excluding hydrogens is 478 g/mol. The number of ether oxygens (including phenoxy) is 2. The van der Waals surface area contributed by atoms with Crippen LogP contribution in [0.4, 0.5) is 0 Å². The third-order valence-electron chi connectivity index (χ3n) is 6.57. The number of morpholine rings is 1. The van der Waals surface area contributed by atoms with Crippen LogP contribution in [0.3, 0.4) is 0 Å². The summed E-state index contributed by atoms with van der Waals surface area (Å²) in [4.78, 5) is 14.3. The van der Waals surface area contributed by atoms with Gasteiger partial charge in [-0.2, -0.15) is 0 Å². The highest BCUT2D eigenvalue weighted by molar-refractivity contribution is 7.80. The van der Waals surface area contributed by atoms with Gasteiger partial charge in [-0.25, -0.2) is 13.2 Å². The first kappa shape index (κ1) is 23.8. The van der Waals surface area contributed by atoms with Crippen LogP contribution in [-0.2, 0) is 34.5 Å². The topological polar surface area (TPSA) is 125 Å². The molecule has 0 saturated carbocycles. The highest BCUT2D eigenvalue weighted by atomic mass is 32.3. The molecule has 5 rings (SSSR count). The lowest BCUT2D eigenvalue weighted by Gasteiger charge is -2.45. The third kappa shape index (κ3) is 4.26. The highest BCUT2D eigenvalue weighted by Gasteiger charge is 2.71. The number of likely N-dealkylation sites (N-methyl/N-ethyl adjacent to an activating group) is 1. The minimum absolute atomic E-state index is 0.161. The van der Waals surface area contributed by atoms with Gasteiger partial charge in [0.15, 0.2) is 0 Å². The lowest BCUT2D eigenvalue weighted by atomic mass is 9.95. The molecule has 5 atom stereocenters. The first-order valence-corrected chi connectivity index (χ1v) is 13.1. The van der Waals surface area contributed by atoms with Crippen LogP contribution < -0.4 is 0 Å². The SMILES string of the molecule is COS(=O)(=O)[O-].C[N+]1(C)[C@@H]2CC(OC(=O)C(O)(c3cccs3)c3cccs3)C[C@H]1[C@H]1O[C@H]12.